The minimum atomic E-state index is -4.51. The molecule has 1 aliphatic rings. The molecule has 0 unspecified atom stereocenters. The summed E-state index contributed by atoms with van der Waals surface area (Å²) < 4.78 is 47.3. The lowest BCUT2D eigenvalue weighted by Gasteiger charge is -2.34. The smallest absolute Gasteiger partial charge is 0.445 e. The Labute approximate surface area is 176 Å². The minimum Gasteiger partial charge on any atom is -0.483 e. The number of H-pyrrole nitrogens is 1. The summed E-state index contributed by atoms with van der Waals surface area (Å²) in [7, 11) is -4.51. The third-order valence-electron chi connectivity index (χ3n) is 4.32. The molecule has 0 saturated carbocycles. The normalized spacial score (nSPS) is 15.6. The van der Waals surface area contributed by atoms with Crippen molar-refractivity contribution in [1.29, 1.82) is 0 Å². The Morgan fingerprint density at radius 1 is 1.16 bits per heavy atom. The van der Waals surface area contributed by atoms with Crippen LogP contribution in [0.4, 0.5) is 10.5 Å². The van der Waals surface area contributed by atoms with E-state index in [9.17, 15) is 18.0 Å². The van der Waals surface area contributed by atoms with Crippen LogP contribution >= 0.6 is 0 Å². The lowest BCUT2D eigenvalue weighted by Crippen LogP contribution is -2.48. The van der Waals surface area contributed by atoms with Gasteiger partial charge < -0.3 is 14.2 Å². The van der Waals surface area contributed by atoms with Gasteiger partial charge in [0.25, 0.3) is 0 Å². The van der Waals surface area contributed by atoms with Crippen LogP contribution in [0.5, 0.6) is 11.8 Å². The molecule has 11 nitrogen and oxygen atoms in total. The van der Waals surface area contributed by atoms with Crippen molar-refractivity contribution in [2.45, 2.75) is 12.7 Å². The maximum atomic E-state index is 13.0. The van der Waals surface area contributed by atoms with Gasteiger partial charge in [0.05, 0.1) is 12.2 Å². The first-order chi connectivity index (χ1) is 14.9. The molecule has 0 bridgehead atoms. The number of aromatic nitrogens is 2. The van der Waals surface area contributed by atoms with Gasteiger partial charge >= 0.3 is 27.1 Å². The van der Waals surface area contributed by atoms with Crippen LogP contribution < -0.4 is 19.5 Å². The van der Waals surface area contributed by atoms with E-state index in [4.69, 9.17) is 14.2 Å². The first kappa shape index (κ1) is 20.5. The van der Waals surface area contributed by atoms with Crippen molar-refractivity contribution >= 4 is 21.0 Å². The molecule has 1 N–H and O–H groups in total. The summed E-state index contributed by atoms with van der Waals surface area (Å²) in [6.07, 6.45) is -0.799. The van der Waals surface area contributed by atoms with Gasteiger partial charge in [-0.05, 0) is 22.9 Å². The molecule has 3 aromatic rings. The van der Waals surface area contributed by atoms with Crippen molar-refractivity contribution in [2.24, 2.45) is 0 Å². The largest absolute Gasteiger partial charge is 0.483 e. The fourth-order valence-corrected chi connectivity index (χ4v) is 4.07. The van der Waals surface area contributed by atoms with E-state index >= 15 is 0 Å². The van der Waals surface area contributed by atoms with Crippen molar-refractivity contribution in [2.75, 3.05) is 17.5 Å². The molecule has 0 amide bonds. The topological polar surface area (TPSA) is 141 Å². The fourth-order valence-electron chi connectivity index (χ4n) is 2.91. The molecule has 0 saturated heterocycles. The molecular weight excluding hydrogens is 430 g/mol. The summed E-state index contributed by atoms with van der Waals surface area (Å²) in [5, 5.41) is 1.99. The second kappa shape index (κ2) is 8.52. The van der Waals surface area contributed by atoms with Gasteiger partial charge in [-0.1, -0.05) is 42.5 Å². The van der Waals surface area contributed by atoms with Gasteiger partial charge in [-0.3, -0.25) is 8.83 Å². The number of anilines is 1. The molecule has 2 aromatic carbocycles. The molecule has 0 aliphatic carbocycles. The molecule has 162 valence electrons. The summed E-state index contributed by atoms with van der Waals surface area (Å²) in [5.41, 5.74) is 0.853. The summed E-state index contributed by atoms with van der Waals surface area (Å²) in [6, 6.07) is 14.9. The highest BCUT2D eigenvalue weighted by Crippen LogP contribution is 2.35. The number of benzene rings is 2. The average molecular weight is 447 g/mol. The molecular formula is C19H17N3O8S. The van der Waals surface area contributed by atoms with E-state index in [1.54, 1.807) is 48.5 Å². The van der Waals surface area contributed by atoms with E-state index in [1.165, 1.54) is 6.07 Å². The highest BCUT2D eigenvalue weighted by molar-refractivity contribution is 8.06. The molecule has 0 fully saturated rings. The van der Waals surface area contributed by atoms with Crippen LogP contribution in [0.2, 0.25) is 0 Å². The predicted octanol–water partition coefficient (Wildman–Crippen LogP) is 1.68. The zero-order chi connectivity index (χ0) is 21.8. The monoisotopic (exact) mass is 447 g/mol. The zero-order valence-corrected chi connectivity index (χ0v) is 16.8. The van der Waals surface area contributed by atoms with E-state index in [0.717, 1.165) is 4.31 Å². The van der Waals surface area contributed by atoms with Gasteiger partial charge in [0.1, 0.15) is 19.0 Å². The lowest BCUT2D eigenvalue weighted by molar-refractivity contribution is 0.120. The van der Waals surface area contributed by atoms with Crippen LogP contribution in [0.25, 0.3) is 0 Å². The number of ether oxygens (including phenoxy) is 3. The summed E-state index contributed by atoms with van der Waals surface area (Å²) >= 11 is 0. The number of sulfonamides is 1. The Hall–Kier alpha value is -3.80. The highest BCUT2D eigenvalue weighted by Gasteiger charge is 2.39. The van der Waals surface area contributed by atoms with Crippen LogP contribution in [-0.4, -0.2) is 43.1 Å². The van der Waals surface area contributed by atoms with E-state index in [1.807, 2.05) is 0 Å². The van der Waals surface area contributed by atoms with Gasteiger partial charge in [0.2, 0.25) is 0 Å². The zero-order valence-electron chi connectivity index (χ0n) is 16.0. The first-order valence-electron chi connectivity index (χ1n) is 9.11. The van der Waals surface area contributed by atoms with E-state index < -0.39 is 27.2 Å². The van der Waals surface area contributed by atoms with E-state index in [2.05, 4.69) is 14.7 Å². The maximum absolute atomic E-state index is 13.0. The third-order valence-corrected chi connectivity index (χ3v) is 5.79. The number of para-hydroxylation sites is 2. The van der Waals surface area contributed by atoms with Crippen molar-refractivity contribution in [3.05, 3.63) is 70.7 Å². The molecule has 0 radical (unpaired) electrons. The Bertz CT molecular complexity index is 1220. The minimum absolute atomic E-state index is 0.165. The molecule has 0 spiro atoms. The van der Waals surface area contributed by atoms with Gasteiger partial charge in [-0.15, -0.1) is 0 Å². The molecule has 1 aromatic heterocycles. The number of fused-ring (bicyclic) bond motifs is 1. The highest BCUT2D eigenvalue weighted by atomic mass is 32.2. The lowest BCUT2D eigenvalue weighted by atomic mass is 10.2. The number of nitrogens with one attached hydrogen (secondary N) is 1. The van der Waals surface area contributed by atoms with Crippen molar-refractivity contribution in [3.63, 3.8) is 0 Å². The second-order valence-electron chi connectivity index (χ2n) is 6.48. The second-order valence-corrected chi connectivity index (χ2v) is 8.20. The quantitative estimate of drug-likeness (QED) is 0.559. The Balaban J connectivity index is 1.51. The molecule has 31 heavy (non-hydrogen) atoms. The number of hydrogen-bond donors (Lipinski definition) is 1. The molecule has 1 aliphatic heterocycles. The SMILES string of the molecule is O=C(OCc1ccccc1)S(=O)(=O)N1C[C@H](COc2noc(=O)[nH]2)Oc2ccccc21. The van der Waals surface area contributed by atoms with Crippen LogP contribution in [0.15, 0.2) is 63.9 Å². The third kappa shape index (κ3) is 4.53. The van der Waals surface area contributed by atoms with Crippen molar-refractivity contribution in [3.8, 4) is 11.8 Å². The number of carbonyl (C=O) groups is 1. The summed E-state index contributed by atoms with van der Waals surface area (Å²) in [4.78, 5) is 25.7. The predicted molar refractivity (Wildman–Crippen MR) is 106 cm³/mol. The van der Waals surface area contributed by atoms with Crippen molar-refractivity contribution in [1.82, 2.24) is 10.1 Å². The van der Waals surface area contributed by atoms with Gasteiger partial charge in [0, 0.05) is 0 Å². The Morgan fingerprint density at radius 2 is 1.90 bits per heavy atom. The maximum Gasteiger partial charge on any atom is 0.445 e. The first-order valence-corrected chi connectivity index (χ1v) is 10.6. The van der Waals surface area contributed by atoms with Gasteiger partial charge in [-0.25, -0.2) is 14.6 Å². The van der Waals surface area contributed by atoms with Crippen LogP contribution in [-0.2, 0) is 21.4 Å². The number of aromatic amines is 1. The van der Waals surface area contributed by atoms with Crippen LogP contribution in [0.3, 0.4) is 0 Å². The Kier molecular flexibility index (Phi) is 5.62. The molecule has 2 heterocycles. The average Bonchev–Trinajstić information content (AvgIpc) is 3.21. The number of nitrogens with zero attached hydrogens (tertiary/aromatic N) is 2. The summed E-state index contributed by atoms with van der Waals surface area (Å²) in [6.45, 7) is -0.569. The summed E-state index contributed by atoms with van der Waals surface area (Å²) in [5.74, 6) is -0.550. The number of hydrogen-bond acceptors (Lipinski definition) is 9. The van der Waals surface area contributed by atoms with E-state index in [0.29, 0.717) is 5.56 Å². The molecule has 4 rings (SSSR count). The van der Waals surface area contributed by atoms with Gasteiger partial charge in [-0.2, -0.15) is 8.42 Å². The van der Waals surface area contributed by atoms with Crippen molar-refractivity contribution < 1.29 is 31.9 Å². The molecule has 12 heteroatoms. The number of carbonyl (C=O) groups excluding carboxylic acids is 1. The fraction of sp³-hybridized carbons (Fsp3) is 0.211. The molecule has 1 atom stereocenters. The standard InChI is InChI=1S/C19H17N3O8S/c23-18-20-17(21-30-18)27-12-14-10-22(15-8-4-5-9-16(15)29-14)31(25,26)19(24)28-11-13-6-2-1-3-7-13/h1-9,14H,10-12H2,(H,20,21,23)/t14-/m1/s1. The van der Waals surface area contributed by atoms with Crippen LogP contribution in [0.1, 0.15) is 5.56 Å². The Morgan fingerprint density at radius 3 is 2.65 bits per heavy atom. The van der Waals surface area contributed by atoms with Gasteiger partial charge in [0.15, 0.2) is 6.10 Å². The van der Waals surface area contributed by atoms with E-state index in [-0.39, 0.29) is 37.2 Å². The number of rotatable bonds is 6. The van der Waals surface area contributed by atoms with Crippen LogP contribution in [0, 0.1) is 0 Å².